The lowest BCUT2D eigenvalue weighted by molar-refractivity contribution is 0.102. The predicted molar refractivity (Wildman–Crippen MR) is 129 cm³/mol. The van der Waals surface area contributed by atoms with Crippen LogP contribution in [0.3, 0.4) is 0 Å². The molecule has 8 nitrogen and oxygen atoms in total. The Balaban J connectivity index is 1.62. The van der Waals surface area contributed by atoms with Crippen molar-refractivity contribution in [3.63, 3.8) is 0 Å². The summed E-state index contributed by atoms with van der Waals surface area (Å²) in [6.45, 7) is 1.83. The van der Waals surface area contributed by atoms with Crippen molar-refractivity contribution < 1.29 is 17.9 Å². The predicted octanol–water partition coefficient (Wildman–Crippen LogP) is 4.09. The van der Waals surface area contributed by atoms with Crippen molar-refractivity contribution in [2.75, 3.05) is 23.9 Å². The molecule has 4 aromatic rings. The van der Waals surface area contributed by atoms with Crippen LogP contribution >= 0.6 is 11.3 Å². The van der Waals surface area contributed by atoms with E-state index in [0.717, 1.165) is 4.88 Å². The summed E-state index contributed by atoms with van der Waals surface area (Å²) in [5.74, 6) is 1.20. The number of imidazole rings is 1. The Kier molecular flexibility index (Phi) is 5.41. The van der Waals surface area contributed by atoms with Crippen molar-refractivity contribution in [2.24, 2.45) is 0 Å². The van der Waals surface area contributed by atoms with Crippen molar-refractivity contribution in [2.45, 2.75) is 19.4 Å². The number of aryl methyl sites for hydroxylation is 1. The van der Waals surface area contributed by atoms with Crippen LogP contribution in [0.1, 0.15) is 28.8 Å². The number of rotatable bonds is 5. The number of fused-ring (bicyclic) bond motifs is 1. The quantitative estimate of drug-likeness (QED) is 0.460. The highest BCUT2D eigenvalue weighted by atomic mass is 32.2. The van der Waals surface area contributed by atoms with Crippen LogP contribution in [0.2, 0.25) is 0 Å². The molecule has 1 saturated heterocycles. The molecule has 0 bridgehead atoms. The van der Waals surface area contributed by atoms with Gasteiger partial charge in [0.1, 0.15) is 17.1 Å². The molecule has 0 spiro atoms. The number of aromatic nitrogens is 3. The molecule has 1 aromatic carbocycles. The molecule has 10 heteroatoms. The van der Waals surface area contributed by atoms with Gasteiger partial charge in [-0.25, -0.2) is 18.4 Å². The standard InChI is InChI=1S/C23H22N4O4S2/c1-14-24-21-19(27(14)16-9-11-33(29,30)13-16)12-18(20-4-3-10-32-20)26-22(21)23(28)25-15-5-7-17(31-2)8-6-15/h3-8,10,12,16H,9,11,13H2,1-2H3,(H,25,28). The third-order valence-corrected chi connectivity index (χ3v) is 8.41. The van der Waals surface area contributed by atoms with Crippen LogP contribution in [-0.4, -0.2) is 47.5 Å². The number of nitrogens with one attached hydrogen (secondary N) is 1. The van der Waals surface area contributed by atoms with Crippen LogP contribution < -0.4 is 10.1 Å². The van der Waals surface area contributed by atoms with E-state index in [9.17, 15) is 13.2 Å². The topological polar surface area (TPSA) is 103 Å². The molecule has 0 radical (unpaired) electrons. The smallest absolute Gasteiger partial charge is 0.276 e. The van der Waals surface area contributed by atoms with Gasteiger partial charge in [0, 0.05) is 5.69 Å². The number of sulfone groups is 1. The molecular formula is C23H22N4O4S2. The van der Waals surface area contributed by atoms with E-state index in [-0.39, 0.29) is 29.1 Å². The van der Waals surface area contributed by atoms with Gasteiger partial charge in [-0.2, -0.15) is 0 Å². The van der Waals surface area contributed by atoms with Crippen molar-refractivity contribution in [3.8, 4) is 16.3 Å². The van der Waals surface area contributed by atoms with Crippen molar-refractivity contribution in [1.82, 2.24) is 14.5 Å². The Labute approximate surface area is 195 Å². The number of ether oxygens (including phenoxy) is 1. The molecule has 1 amide bonds. The summed E-state index contributed by atoms with van der Waals surface area (Å²) in [4.78, 5) is 23.5. The monoisotopic (exact) mass is 482 g/mol. The van der Waals surface area contributed by atoms with Gasteiger partial charge in [-0.1, -0.05) is 6.07 Å². The molecule has 3 aromatic heterocycles. The van der Waals surface area contributed by atoms with Crippen LogP contribution in [-0.2, 0) is 9.84 Å². The number of methoxy groups -OCH3 is 1. The van der Waals surface area contributed by atoms with Gasteiger partial charge in [0.05, 0.1) is 40.7 Å². The van der Waals surface area contributed by atoms with Gasteiger partial charge >= 0.3 is 0 Å². The fourth-order valence-electron chi connectivity index (χ4n) is 4.22. The van der Waals surface area contributed by atoms with E-state index in [1.807, 2.05) is 35.1 Å². The fourth-order valence-corrected chi connectivity index (χ4v) is 6.61. The lowest BCUT2D eigenvalue weighted by Crippen LogP contribution is -2.15. The SMILES string of the molecule is COc1ccc(NC(=O)c2nc(-c3cccs3)cc3c2nc(C)n3C2CCS(=O)(=O)C2)cc1. The number of carbonyl (C=O) groups excluding carboxylic acids is 1. The highest BCUT2D eigenvalue weighted by Gasteiger charge is 2.32. The highest BCUT2D eigenvalue weighted by molar-refractivity contribution is 7.91. The number of benzene rings is 1. The zero-order valence-electron chi connectivity index (χ0n) is 18.1. The van der Waals surface area contributed by atoms with Gasteiger partial charge in [-0.3, -0.25) is 4.79 Å². The average Bonchev–Trinajstić information content (AvgIpc) is 3.51. The zero-order valence-corrected chi connectivity index (χ0v) is 19.7. The van der Waals surface area contributed by atoms with Crippen LogP contribution in [0, 0.1) is 6.92 Å². The zero-order chi connectivity index (χ0) is 23.2. The van der Waals surface area contributed by atoms with Crippen LogP contribution in [0.25, 0.3) is 21.6 Å². The van der Waals surface area contributed by atoms with Gasteiger partial charge in [0.2, 0.25) is 0 Å². The Morgan fingerprint density at radius 2 is 2.00 bits per heavy atom. The summed E-state index contributed by atoms with van der Waals surface area (Å²) in [5.41, 5.74) is 2.64. The Bertz CT molecular complexity index is 1440. The minimum absolute atomic E-state index is 0.0728. The summed E-state index contributed by atoms with van der Waals surface area (Å²) >= 11 is 1.52. The molecule has 1 aliphatic heterocycles. The van der Waals surface area contributed by atoms with E-state index >= 15 is 0 Å². The van der Waals surface area contributed by atoms with Crippen molar-refractivity contribution in [1.29, 1.82) is 0 Å². The summed E-state index contributed by atoms with van der Waals surface area (Å²) < 4.78 is 31.4. The van der Waals surface area contributed by atoms with Gasteiger partial charge < -0.3 is 14.6 Å². The number of hydrogen-bond donors (Lipinski definition) is 1. The van der Waals surface area contributed by atoms with Crippen molar-refractivity contribution >= 4 is 43.8 Å². The number of amides is 1. The third-order valence-electron chi connectivity index (χ3n) is 5.76. The number of pyridine rings is 1. The van der Waals surface area contributed by atoms with Gasteiger partial charge in [-0.05, 0) is 55.1 Å². The minimum Gasteiger partial charge on any atom is -0.497 e. The molecular weight excluding hydrogens is 460 g/mol. The Hall–Kier alpha value is -3.24. The summed E-state index contributed by atoms with van der Waals surface area (Å²) in [6, 6.07) is 12.6. The first-order valence-electron chi connectivity index (χ1n) is 10.4. The molecule has 1 aliphatic rings. The summed E-state index contributed by atoms with van der Waals surface area (Å²) in [6.07, 6.45) is 0.526. The molecule has 1 atom stereocenters. The Morgan fingerprint density at radius 3 is 2.64 bits per heavy atom. The number of hydrogen-bond acceptors (Lipinski definition) is 7. The maximum absolute atomic E-state index is 13.3. The van der Waals surface area contributed by atoms with Crippen LogP contribution in [0.5, 0.6) is 5.75 Å². The molecule has 5 rings (SSSR count). The molecule has 1 fully saturated rings. The lowest BCUT2D eigenvalue weighted by atomic mass is 10.2. The molecule has 170 valence electrons. The maximum atomic E-state index is 13.3. The second-order valence-corrected chi connectivity index (χ2v) is 11.1. The number of anilines is 1. The van der Waals surface area contributed by atoms with Gasteiger partial charge in [0.25, 0.3) is 5.91 Å². The lowest BCUT2D eigenvalue weighted by Gasteiger charge is -2.14. The van der Waals surface area contributed by atoms with Crippen LogP contribution in [0.4, 0.5) is 5.69 Å². The van der Waals surface area contributed by atoms with E-state index in [0.29, 0.717) is 40.4 Å². The Morgan fingerprint density at radius 1 is 1.21 bits per heavy atom. The third kappa shape index (κ3) is 4.11. The molecule has 1 unspecified atom stereocenters. The number of thiophene rings is 1. The van der Waals surface area contributed by atoms with Gasteiger partial charge in [0.15, 0.2) is 15.5 Å². The molecule has 4 heterocycles. The number of carbonyl (C=O) groups is 1. The molecule has 33 heavy (non-hydrogen) atoms. The van der Waals surface area contributed by atoms with Crippen LogP contribution in [0.15, 0.2) is 47.8 Å². The minimum atomic E-state index is -3.08. The highest BCUT2D eigenvalue weighted by Crippen LogP contribution is 2.33. The number of nitrogens with zero attached hydrogens (tertiary/aromatic N) is 3. The molecule has 0 aliphatic carbocycles. The first kappa shape index (κ1) is 21.6. The van der Waals surface area contributed by atoms with E-state index in [1.165, 1.54) is 11.3 Å². The molecule has 0 saturated carbocycles. The van der Waals surface area contributed by atoms with Gasteiger partial charge in [-0.15, -0.1) is 11.3 Å². The average molecular weight is 483 g/mol. The first-order valence-corrected chi connectivity index (χ1v) is 13.1. The first-order chi connectivity index (χ1) is 15.8. The van der Waals surface area contributed by atoms with E-state index in [4.69, 9.17) is 4.74 Å². The van der Waals surface area contributed by atoms with E-state index in [2.05, 4.69) is 15.3 Å². The normalized spacial score (nSPS) is 17.3. The summed E-state index contributed by atoms with van der Waals surface area (Å²) in [5, 5.41) is 4.84. The fraction of sp³-hybridized carbons (Fsp3) is 0.261. The van der Waals surface area contributed by atoms with E-state index in [1.54, 1.807) is 31.4 Å². The largest absolute Gasteiger partial charge is 0.497 e. The van der Waals surface area contributed by atoms with Crippen molar-refractivity contribution in [3.05, 3.63) is 59.4 Å². The van der Waals surface area contributed by atoms with E-state index < -0.39 is 9.84 Å². The summed E-state index contributed by atoms with van der Waals surface area (Å²) in [7, 11) is -1.50. The second kappa shape index (κ2) is 8.27. The second-order valence-electron chi connectivity index (χ2n) is 7.97. The molecule has 1 N–H and O–H groups in total. The maximum Gasteiger partial charge on any atom is 0.276 e.